The normalized spacial score (nSPS) is 10.8. The first-order valence-corrected chi connectivity index (χ1v) is 6.98. The molecule has 0 bridgehead atoms. The molecule has 0 saturated heterocycles. The number of hydrogen-bond acceptors (Lipinski definition) is 2. The van der Waals surface area contributed by atoms with Crippen LogP contribution in [0.4, 0.5) is 5.69 Å². The van der Waals surface area contributed by atoms with Crippen LogP contribution in [0.2, 0.25) is 0 Å². The van der Waals surface area contributed by atoms with Gasteiger partial charge in [0.2, 0.25) is 0 Å². The molecule has 0 unspecified atom stereocenters. The standard InChI is InChI=1S/C14H20BrNO/c1-3-5-10(6-4-2)14(17)11-7-8-13(16)12(15)9-11/h7-10H,3-6,16H2,1-2H3. The molecule has 0 aliphatic rings. The molecular weight excluding hydrogens is 278 g/mol. The molecule has 2 nitrogen and oxygen atoms in total. The van der Waals surface area contributed by atoms with Crippen molar-refractivity contribution in [1.29, 1.82) is 0 Å². The van der Waals surface area contributed by atoms with Crippen molar-refractivity contribution in [3.63, 3.8) is 0 Å². The number of halogens is 1. The van der Waals surface area contributed by atoms with Crippen molar-refractivity contribution in [2.24, 2.45) is 5.92 Å². The minimum absolute atomic E-state index is 0.153. The van der Waals surface area contributed by atoms with Crippen molar-refractivity contribution in [2.75, 3.05) is 5.73 Å². The molecule has 0 atom stereocenters. The predicted octanol–water partition coefficient (Wildman–Crippen LogP) is 4.43. The van der Waals surface area contributed by atoms with Gasteiger partial charge in [-0.15, -0.1) is 0 Å². The van der Waals surface area contributed by atoms with E-state index >= 15 is 0 Å². The fourth-order valence-electron chi connectivity index (χ4n) is 2.02. The summed E-state index contributed by atoms with van der Waals surface area (Å²) < 4.78 is 0.801. The number of anilines is 1. The largest absolute Gasteiger partial charge is 0.398 e. The maximum Gasteiger partial charge on any atom is 0.165 e. The van der Waals surface area contributed by atoms with Crippen LogP contribution in [0.15, 0.2) is 22.7 Å². The summed E-state index contributed by atoms with van der Waals surface area (Å²) >= 11 is 3.36. The van der Waals surface area contributed by atoms with Crippen LogP contribution in [0.3, 0.4) is 0 Å². The van der Waals surface area contributed by atoms with Crippen molar-refractivity contribution in [2.45, 2.75) is 39.5 Å². The Hall–Kier alpha value is -0.830. The number of carbonyl (C=O) groups is 1. The maximum atomic E-state index is 12.3. The molecule has 0 aliphatic heterocycles. The summed E-state index contributed by atoms with van der Waals surface area (Å²) in [5.41, 5.74) is 7.16. The fourth-order valence-corrected chi connectivity index (χ4v) is 2.40. The number of nitrogens with two attached hydrogens (primary N) is 1. The number of benzene rings is 1. The smallest absolute Gasteiger partial charge is 0.165 e. The third kappa shape index (κ3) is 3.84. The van der Waals surface area contributed by atoms with E-state index in [9.17, 15) is 4.79 Å². The second-order valence-corrected chi connectivity index (χ2v) is 5.23. The summed E-state index contributed by atoms with van der Waals surface area (Å²) in [6.45, 7) is 4.24. The number of ketones is 1. The lowest BCUT2D eigenvalue weighted by Crippen LogP contribution is -2.14. The van der Waals surface area contributed by atoms with Crippen molar-refractivity contribution < 1.29 is 4.79 Å². The third-order valence-corrected chi connectivity index (χ3v) is 3.62. The van der Waals surface area contributed by atoms with Gasteiger partial charge in [0.1, 0.15) is 0 Å². The number of carbonyl (C=O) groups excluding carboxylic acids is 1. The lowest BCUT2D eigenvalue weighted by molar-refractivity contribution is 0.0905. The summed E-state index contributed by atoms with van der Waals surface area (Å²) in [6.07, 6.45) is 4.03. The van der Waals surface area contributed by atoms with Crippen molar-refractivity contribution >= 4 is 27.4 Å². The van der Waals surface area contributed by atoms with Gasteiger partial charge in [0.15, 0.2) is 5.78 Å². The molecule has 94 valence electrons. The molecule has 0 amide bonds. The molecule has 0 spiro atoms. The van der Waals surface area contributed by atoms with E-state index in [4.69, 9.17) is 5.73 Å². The number of rotatable bonds is 6. The summed E-state index contributed by atoms with van der Waals surface area (Å²) in [4.78, 5) is 12.3. The van der Waals surface area contributed by atoms with E-state index in [0.29, 0.717) is 5.69 Å². The van der Waals surface area contributed by atoms with Gasteiger partial charge in [-0.1, -0.05) is 26.7 Å². The lowest BCUT2D eigenvalue weighted by Gasteiger charge is -2.14. The van der Waals surface area contributed by atoms with Crippen molar-refractivity contribution in [1.82, 2.24) is 0 Å². The molecule has 1 rings (SSSR count). The molecule has 1 aromatic rings. The Balaban J connectivity index is 2.88. The molecule has 17 heavy (non-hydrogen) atoms. The lowest BCUT2D eigenvalue weighted by atomic mass is 9.90. The van der Waals surface area contributed by atoms with E-state index in [1.165, 1.54) is 0 Å². The second kappa shape index (κ2) is 6.80. The Morgan fingerprint density at radius 1 is 1.29 bits per heavy atom. The van der Waals surface area contributed by atoms with Crippen LogP contribution >= 0.6 is 15.9 Å². The van der Waals surface area contributed by atoms with Gasteiger partial charge < -0.3 is 5.73 Å². The number of nitrogen functional groups attached to an aromatic ring is 1. The van der Waals surface area contributed by atoms with Crippen molar-refractivity contribution in [3.8, 4) is 0 Å². The van der Waals surface area contributed by atoms with Crippen LogP contribution in [0.5, 0.6) is 0 Å². The summed E-state index contributed by atoms with van der Waals surface area (Å²) in [6, 6.07) is 5.43. The maximum absolute atomic E-state index is 12.3. The Bertz CT molecular complexity index is 384. The number of Topliss-reactive ketones (excluding diaryl/α,β-unsaturated/α-hetero) is 1. The Morgan fingerprint density at radius 2 is 1.88 bits per heavy atom. The van der Waals surface area contributed by atoms with Crippen molar-refractivity contribution in [3.05, 3.63) is 28.2 Å². The predicted molar refractivity (Wildman–Crippen MR) is 76.2 cm³/mol. The Morgan fingerprint density at radius 3 is 2.35 bits per heavy atom. The first-order chi connectivity index (χ1) is 8.10. The SMILES string of the molecule is CCCC(CCC)C(=O)c1ccc(N)c(Br)c1. The van der Waals surface area contributed by atoms with Gasteiger partial charge in [0.25, 0.3) is 0 Å². The molecule has 3 heteroatoms. The highest BCUT2D eigenvalue weighted by Gasteiger charge is 2.18. The van der Waals surface area contributed by atoms with Crippen LogP contribution in [0.25, 0.3) is 0 Å². The Kier molecular flexibility index (Phi) is 5.69. The molecule has 0 aliphatic carbocycles. The van der Waals surface area contributed by atoms with Gasteiger partial charge in [-0.25, -0.2) is 0 Å². The van der Waals surface area contributed by atoms with Crippen LogP contribution < -0.4 is 5.73 Å². The van der Waals surface area contributed by atoms with Gasteiger partial charge in [0.05, 0.1) is 0 Å². The first-order valence-electron chi connectivity index (χ1n) is 6.19. The van der Waals surface area contributed by atoms with Gasteiger partial charge in [-0.3, -0.25) is 4.79 Å². The minimum Gasteiger partial charge on any atom is -0.398 e. The molecule has 1 aromatic carbocycles. The zero-order chi connectivity index (χ0) is 12.8. The van der Waals surface area contributed by atoms with E-state index in [2.05, 4.69) is 29.8 Å². The van der Waals surface area contributed by atoms with Gasteiger partial charge in [-0.05, 0) is 47.0 Å². The summed E-state index contributed by atoms with van der Waals surface area (Å²) in [7, 11) is 0. The molecular formula is C14H20BrNO. The molecule has 0 saturated carbocycles. The van der Waals surface area contributed by atoms with E-state index in [0.717, 1.165) is 35.7 Å². The summed E-state index contributed by atoms with van der Waals surface area (Å²) in [5, 5.41) is 0. The van der Waals surface area contributed by atoms with E-state index in [-0.39, 0.29) is 11.7 Å². The number of hydrogen-bond donors (Lipinski definition) is 1. The zero-order valence-electron chi connectivity index (χ0n) is 10.5. The first kappa shape index (κ1) is 14.2. The van der Waals surface area contributed by atoms with E-state index < -0.39 is 0 Å². The monoisotopic (exact) mass is 297 g/mol. The average Bonchev–Trinajstić information content (AvgIpc) is 2.31. The minimum atomic E-state index is 0.153. The van der Waals surface area contributed by atoms with Crippen LogP contribution in [0, 0.1) is 5.92 Å². The molecule has 2 N–H and O–H groups in total. The van der Waals surface area contributed by atoms with Crippen LogP contribution in [0.1, 0.15) is 49.9 Å². The molecule has 0 fully saturated rings. The third-order valence-electron chi connectivity index (χ3n) is 2.93. The summed E-state index contributed by atoms with van der Waals surface area (Å²) in [5.74, 6) is 0.398. The molecule has 0 heterocycles. The topological polar surface area (TPSA) is 43.1 Å². The highest BCUT2D eigenvalue weighted by Crippen LogP contribution is 2.25. The highest BCUT2D eigenvalue weighted by atomic mass is 79.9. The van der Waals surface area contributed by atoms with Crippen LogP contribution in [-0.4, -0.2) is 5.78 Å². The zero-order valence-corrected chi connectivity index (χ0v) is 12.1. The second-order valence-electron chi connectivity index (χ2n) is 4.37. The van der Waals surface area contributed by atoms with Gasteiger partial charge >= 0.3 is 0 Å². The van der Waals surface area contributed by atoms with E-state index in [1.54, 1.807) is 6.07 Å². The fraction of sp³-hybridized carbons (Fsp3) is 0.500. The van der Waals surface area contributed by atoms with Gasteiger partial charge in [-0.2, -0.15) is 0 Å². The molecule has 0 radical (unpaired) electrons. The highest BCUT2D eigenvalue weighted by molar-refractivity contribution is 9.10. The van der Waals surface area contributed by atoms with Gasteiger partial charge in [0, 0.05) is 21.6 Å². The average molecular weight is 298 g/mol. The van der Waals surface area contributed by atoms with E-state index in [1.807, 2.05) is 12.1 Å². The Labute approximate surface area is 112 Å². The molecule has 0 aromatic heterocycles. The van der Waals surface area contributed by atoms with Crippen LogP contribution in [-0.2, 0) is 0 Å². The quantitative estimate of drug-likeness (QED) is 0.623.